The smallest absolute Gasteiger partial charge is 0.305 e. The number of rotatable bonds is 2. The Balaban J connectivity index is 1.89. The van der Waals surface area contributed by atoms with Gasteiger partial charge in [-0.25, -0.2) is 4.79 Å². The topological polar surface area (TPSA) is 62.3 Å². The molecule has 0 unspecified atom stereocenters. The van der Waals surface area contributed by atoms with E-state index in [9.17, 15) is 9.59 Å². The molecule has 5 nitrogen and oxygen atoms in total. The lowest BCUT2D eigenvalue weighted by molar-refractivity contribution is -0.126. The van der Waals surface area contributed by atoms with Gasteiger partial charge in [0.25, 0.3) is 5.91 Å². The van der Waals surface area contributed by atoms with E-state index in [0.717, 1.165) is 31.2 Å². The highest BCUT2D eigenvalue weighted by Gasteiger charge is 2.53. The molecule has 0 atom stereocenters. The van der Waals surface area contributed by atoms with Gasteiger partial charge in [0, 0.05) is 12.4 Å². The van der Waals surface area contributed by atoms with Gasteiger partial charge in [-0.3, -0.25) is 15.1 Å². The predicted molar refractivity (Wildman–Crippen MR) is 64.5 cm³/mol. The number of pyridine rings is 1. The van der Waals surface area contributed by atoms with Crippen molar-refractivity contribution in [3.8, 4) is 0 Å². The fourth-order valence-corrected chi connectivity index (χ4v) is 2.95. The molecule has 1 aliphatic carbocycles. The van der Waals surface area contributed by atoms with E-state index in [1.54, 1.807) is 17.3 Å². The van der Waals surface area contributed by atoms with Crippen LogP contribution >= 0.6 is 0 Å². The van der Waals surface area contributed by atoms with Gasteiger partial charge in [0.2, 0.25) is 0 Å². The van der Waals surface area contributed by atoms with Crippen LogP contribution in [-0.4, -0.2) is 27.4 Å². The Kier molecular flexibility index (Phi) is 2.54. The Hall–Kier alpha value is -1.91. The summed E-state index contributed by atoms with van der Waals surface area (Å²) >= 11 is 0. The Bertz CT molecular complexity index is 480. The first kappa shape index (κ1) is 11.2. The Morgan fingerprint density at radius 2 is 2.11 bits per heavy atom. The van der Waals surface area contributed by atoms with Crippen molar-refractivity contribution >= 4 is 11.9 Å². The summed E-state index contributed by atoms with van der Waals surface area (Å²) in [6.45, 7) is 0.450. The van der Waals surface area contributed by atoms with E-state index in [0.29, 0.717) is 6.54 Å². The third-order valence-corrected chi connectivity index (χ3v) is 3.90. The standard InChI is InChI=1S/C13H15N3O2/c17-11-13(5-1-2-6-13)16(12(18)15-11)9-10-4-3-7-14-8-10/h3-4,7-8H,1-2,5-6,9H2,(H,15,17,18). The number of hydrogen-bond acceptors (Lipinski definition) is 3. The van der Waals surface area contributed by atoms with Gasteiger partial charge in [0.05, 0.1) is 6.54 Å². The summed E-state index contributed by atoms with van der Waals surface area (Å²) in [7, 11) is 0. The maximum atomic E-state index is 12.0. The van der Waals surface area contributed by atoms with Crippen LogP contribution in [0.2, 0.25) is 0 Å². The quantitative estimate of drug-likeness (QED) is 0.802. The fourth-order valence-electron chi connectivity index (χ4n) is 2.95. The van der Waals surface area contributed by atoms with Crippen LogP contribution < -0.4 is 5.32 Å². The number of nitrogens with one attached hydrogen (secondary N) is 1. The van der Waals surface area contributed by atoms with Crippen LogP contribution in [-0.2, 0) is 11.3 Å². The average molecular weight is 245 g/mol. The van der Waals surface area contributed by atoms with Gasteiger partial charge < -0.3 is 4.90 Å². The van der Waals surface area contributed by atoms with Gasteiger partial charge in [0.15, 0.2) is 0 Å². The summed E-state index contributed by atoms with van der Waals surface area (Å²) in [5, 5.41) is 2.45. The molecule has 1 saturated heterocycles. The molecule has 1 aliphatic heterocycles. The molecular formula is C13H15N3O2. The van der Waals surface area contributed by atoms with E-state index in [4.69, 9.17) is 0 Å². The van der Waals surface area contributed by atoms with Crippen molar-refractivity contribution in [2.75, 3.05) is 0 Å². The van der Waals surface area contributed by atoms with Gasteiger partial charge in [0.1, 0.15) is 5.54 Å². The lowest BCUT2D eigenvalue weighted by atomic mass is 9.95. The van der Waals surface area contributed by atoms with Crippen molar-refractivity contribution < 1.29 is 9.59 Å². The number of imide groups is 1. The van der Waals surface area contributed by atoms with E-state index >= 15 is 0 Å². The predicted octanol–water partition coefficient (Wildman–Crippen LogP) is 1.45. The SMILES string of the molecule is O=C1NC(=O)C2(CCCC2)N1Cc1cccnc1. The summed E-state index contributed by atoms with van der Waals surface area (Å²) in [6, 6.07) is 3.49. The summed E-state index contributed by atoms with van der Waals surface area (Å²) in [5.41, 5.74) is 0.348. The monoisotopic (exact) mass is 245 g/mol. The highest BCUT2D eigenvalue weighted by atomic mass is 16.2. The number of urea groups is 1. The normalized spacial score (nSPS) is 21.7. The second-order valence-electron chi connectivity index (χ2n) is 4.95. The molecule has 1 spiro atoms. The number of nitrogens with zero attached hydrogens (tertiary/aromatic N) is 2. The summed E-state index contributed by atoms with van der Waals surface area (Å²) in [6.07, 6.45) is 6.98. The fraction of sp³-hybridized carbons (Fsp3) is 0.462. The molecule has 2 fully saturated rings. The molecule has 2 heterocycles. The first-order valence-electron chi connectivity index (χ1n) is 6.24. The molecule has 1 saturated carbocycles. The van der Waals surface area contributed by atoms with Crippen LogP contribution in [0.1, 0.15) is 31.2 Å². The maximum Gasteiger partial charge on any atom is 0.325 e. The van der Waals surface area contributed by atoms with Crippen molar-refractivity contribution in [1.82, 2.24) is 15.2 Å². The molecule has 0 radical (unpaired) electrons. The first-order valence-corrected chi connectivity index (χ1v) is 6.24. The zero-order valence-corrected chi connectivity index (χ0v) is 10.1. The van der Waals surface area contributed by atoms with E-state index < -0.39 is 5.54 Å². The van der Waals surface area contributed by atoms with Crippen molar-refractivity contribution in [3.63, 3.8) is 0 Å². The molecule has 1 aromatic heterocycles. The zero-order valence-electron chi connectivity index (χ0n) is 10.1. The third-order valence-electron chi connectivity index (χ3n) is 3.90. The number of amides is 3. The van der Waals surface area contributed by atoms with Crippen LogP contribution in [0.15, 0.2) is 24.5 Å². The van der Waals surface area contributed by atoms with Crippen LogP contribution in [0.3, 0.4) is 0 Å². The van der Waals surface area contributed by atoms with Crippen molar-refractivity contribution in [3.05, 3.63) is 30.1 Å². The summed E-state index contributed by atoms with van der Waals surface area (Å²) in [4.78, 5) is 29.7. The number of hydrogen-bond donors (Lipinski definition) is 1. The third kappa shape index (κ3) is 1.58. The molecule has 3 rings (SSSR count). The number of carbonyl (C=O) groups excluding carboxylic acids is 2. The number of carbonyl (C=O) groups is 2. The molecule has 0 bridgehead atoms. The Labute approximate surface area is 105 Å². The van der Waals surface area contributed by atoms with Crippen molar-refractivity contribution in [2.45, 2.75) is 37.8 Å². The molecule has 18 heavy (non-hydrogen) atoms. The maximum absolute atomic E-state index is 12.0. The molecule has 0 aromatic carbocycles. The van der Waals surface area contributed by atoms with E-state index in [1.807, 2.05) is 12.1 Å². The lowest BCUT2D eigenvalue weighted by Crippen LogP contribution is -2.46. The minimum atomic E-state index is -0.604. The summed E-state index contributed by atoms with van der Waals surface area (Å²) < 4.78 is 0. The molecule has 3 amide bonds. The Morgan fingerprint density at radius 1 is 1.33 bits per heavy atom. The van der Waals surface area contributed by atoms with Crippen molar-refractivity contribution in [2.24, 2.45) is 0 Å². The minimum absolute atomic E-state index is 0.131. The molecule has 1 N–H and O–H groups in total. The average Bonchev–Trinajstić information content (AvgIpc) is 2.94. The van der Waals surface area contributed by atoms with Gasteiger partial charge in [-0.15, -0.1) is 0 Å². The van der Waals surface area contributed by atoms with E-state index in [2.05, 4.69) is 10.3 Å². The van der Waals surface area contributed by atoms with Gasteiger partial charge >= 0.3 is 6.03 Å². The second kappa shape index (κ2) is 4.08. The molecule has 94 valence electrons. The molecule has 2 aliphatic rings. The van der Waals surface area contributed by atoms with Crippen LogP contribution in [0.5, 0.6) is 0 Å². The molecule has 5 heteroatoms. The summed E-state index contributed by atoms with van der Waals surface area (Å²) in [5.74, 6) is -0.131. The van der Waals surface area contributed by atoms with Crippen LogP contribution in [0, 0.1) is 0 Å². The highest BCUT2D eigenvalue weighted by molar-refractivity contribution is 6.07. The van der Waals surface area contributed by atoms with Gasteiger partial charge in [-0.05, 0) is 24.5 Å². The van der Waals surface area contributed by atoms with E-state index in [-0.39, 0.29) is 11.9 Å². The zero-order chi connectivity index (χ0) is 12.6. The van der Waals surface area contributed by atoms with Crippen LogP contribution in [0.4, 0.5) is 4.79 Å². The number of aromatic nitrogens is 1. The molecular weight excluding hydrogens is 230 g/mol. The largest absolute Gasteiger partial charge is 0.325 e. The highest BCUT2D eigenvalue weighted by Crippen LogP contribution is 2.39. The van der Waals surface area contributed by atoms with Crippen molar-refractivity contribution in [1.29, 1.82) is 0 Å². The van der Waals surface area contributed by atoms with Gasteiger partial charge in [-0.1, -0.05) is 18.9 Å². The van der Waals surface area contributed by atoms with E-state index in [1.165, 1.54) is 0 Å². The molecule has 1 aromatic rings. The second-order valence-corrected chi connectivity index (χ2v) is 4.95. The minimum Gasteiger partial charge on any atom is -0.305 e. The van der Waals surface area contributed by atoms with Crippen LogP contribution in [0.25, 0.3) is 0 Å². The van der Waals surface area contributed by atoms with Gasteiger partial charge in [-0.2, -0.15) is 0 Å². The Morgan fingerprint density at radius 3 is 2.78 bits per heavy atom. The lowest BCUT2D eigenvalue weighted by Gasteiger charge is -2.31. The first-order chi connectivity index (χ1) is 8.72.